The van der Waals surface area contributed by atoms with Crippen LogP contribution in [0.3, 0.4) is 0 Å². The van der Waals surface area contributed by atoms with Crippen molar-refractivity contribution in [3.63, 3.8) is 0 Å². The third-order valence-electron chi connectivity index (χ3n) is 4.33. The molecule has 1 aliphatic rings. The van der Waals surface area contributed by atoms with Gasteiger partial charge < -0.3 is 0 Å². The Morgan fingerprint density at radius 3 is 2.22 bits per heavy atom. The molecule has 23 heavy (non-hydrogen) atoms. The van der Waals surface area contributed by atoms with Crippen LogP contribution in [0.25, 0.3) is 44.4 Å². The summed E-state index contributed by atoms with van der Waals surface area (Å²) in [4.78, 5) is 4.86. The molecule has 0 N–H and O–H groups in total. The fourth-order valence-electron chi connectivity index (χ4n) is 3.37. The Morgan fingerprint density at radius 2 is 1.43 bits per heavy atom. The van der Waals surface area contributed by atoms with Gasteiger partial charge in [-0.25, -0.2) is 0 Å². The summed E-state index contributed by atoms with van der Waals surface area (Å²) >= 11 is 0. The average Bonchev–Trinajstić information content (AvgIpc) is 2.92. The minimum atomic E-state index is 0. The minimum Gasteiger partial charge on any atom is -0.296 e. The molecular formula is C21H12NPt-. The number of hydrogen-bond donors (Lipinski definition) is 0. The molecule has 112 valence electrons. The number of pyridine rings is 1. The van der Waals surface area contributed by atoms with E-state index in [-0.39, 0.29) is 21.1 Å². The molecule has 0 radical (unpaired) electrons. The number of nitrogens with zero attached hydrogens (tertiary/aromatic N) is 1. The van der Waals surface area contributed by atoms with E-state index in [1.807, 2.05) is 18.2 Å². The minimum absolute atomic E-state index is 0. The Bertz CT molecular complexity index is 1020. The molecule has 0 spiro atoms. The Morgan fingerprint density at radius 1 is 0.696 bits per heavy atom. The Hall–Kier alpha value is -2.24. The Kier molecular flexibility index (Phi) is 3.39. The van der Waals surface area contributed by atoms with Crippen molar-refractivity contribution in [3.05, 3.63) is 78.9 Å². The first kappa shape index (κ1) is 14.4. The van der Waals surface area contributed by atoms with Gasteiger partial charge in [-0.1, -0.05) is 42.5 Å². The van der Waals surface area contributed by atoms with Crippen molar-refractivity contribution in [3.8, 4) is 33.5 Å². The number of aromatic nitrogens is 1. The van der Waals surface area contributed by atoms with E-state index in [1.54, 1.807) is 0 Å². The van der Waals surface area contributed by atoms with Gasteiger partial charge in [-0.15, -0.1) is 35.9 Å². The van der Waals surface area contributed by atoms with E-state index in [1.165, 1.54) is 27.6 Å². The summed E-state index contributed by atoms with van der Waals surface area (Å²) in [6.07, 6.45) is 0. The number of hydrogen-bond acceptors (Lipinski definition) is 1. The second-order valence-electron chi connectivity index (χ2n) is 5.58. The van der Waals surface area contributed by atoms with Crippen molar-refractivity contribution in [1.29, 1.82) is 0 Å². The molecule has 1 nitrogen and oxygen atoms in total. The summed E-state index contributed by atoms with van der Waals surface area (Å²) in [5, 5.41) is 1.27. The molecule has 0 fully saturated rings. The molecule has 4 aromatic rings. The monoisotopic (exact) mass is 473 g/mol. The maximum atomic E-state index is 4.86. The third kappa shape index (κ3) is 2.08. The van der Waals surface area contributed by atoms with Crippen molar-refractivity contribution in [1.82, 2.24) is 4.98 Å². The van der Waals surface area contributed by atoms with Crippen LogP contribution in [0.1, 0.15) is 0 Å². The predicted molar refractivity (Wildman–Crippen MR) is 90.4 cm³/mol. The van der Waals surface area contributed by atoms with E-state index in [9.17, 15) is 0 Å². The molecule has 1 heterocycles. The predicted octanol–water partition coefficient (Wildman–Crippen LogP) is 5.35. The van der Waals surface area contributed by atoms with Gasteiger partial charge in [0.25, 0.3) is 0 Å². The average molecular weight is 473 g/mol. The zero-order chi connectivity index (χ0) is 14.5. The number of fused-ring (bicyclic) bond motifs is 3. The second-order valence-corrected chi connectivity index (χ2v) is 5.58. The molecule has 0 unspecified atom stereocenters. The van der Waals surface area contributed by atoms with Gasteiger partial charge in [0, 0.05) is 26.5 Å². The first-order chi connectivity index (χ1) is 10.9. The fourth-order valence-corrected chi connectivity index (χ4v) is 3.37. The van der Waals surface area contributed by atoms with Crippen LogP contribution in [0.4, 0.5) is 0 Å². The van der Waals surface area contributed by atoms with E-state index >= 15 is 0 Å². The van der Waals surface area contributed by atoms with Gasteiger partial charge in [0.1, 0.15) is 0 Å². The van der Waals surface area contributed by atoms with Gasteiger partial charge in [0.15, 0.2) is 0 Å². The van der Waals surface area contributed by atoms with Crippen LogP contribution in [0, 0.1) is 6.07 Å². The molecule has 0 aliphatic heterocycles. The van der Waals surface area contributed by atoms with Gasteiger partial charge >= 0.3 is 0 Å². The molecule has 5 rings (SSSR count). The Balaban J connectivity index is 0.00000135. The standard InChI is InChI=1S/C21H12N.Pt/c1-2-7-14(8-3-1)20-13-18-16-10-5-4-9-15(16)17-11-6-12-19(22-20)21(17)18;/h1-7,9-13H;/q-1;. The molecule has 1 aliphatic carbocycles. The molecule has 0 amide bonds. The van der Waals surface area contributed by atoms with Gasteiger partial charge in [-0.2, -0.15) is 0 Å². The molecule has 0 saturated heterocycles. The molecule has 0 bridgehead atoms. The topological polar surface area (TPSA) is 12.9 Å². The second kappa shape index (κ2) is 5.44. The summed E-state index contributed by atoms with van der Waals surface area (Å²) in [6, 6.07) is 28.5. The van der Waals surface area contributed by atoms with Gasteiger partial charge in [-0.3, -0.25) is 4.98 Å². The molecule has 3 aromatic carbocycles. The van der Waals surface area contributed by atoms with Crippen LogP contribution >= 0.6 is 0 Å². The maximum Gasteiger partial charge on any atom is 0.0607 e. The third-order valence-corrected chi connectivity index (χ3v) is 4.33. The number of rotatable bonds is 1. The van der Waals surface area contributed by atoms with E-state index in [4.69, 9.17) is 4.98 Å². The van der Waals surface area contributed by atoms with E-state index in [0.717, 1.165) is 16.8 Å². The zero-order valence-corrected chi connectivity index (χ0v) is 14.5. The quantitative estimate of drug-likeness (QED) is 0.299. The zero-order valence-electron chi connectivity index (χ0n) is 12.2. The molecule has 2 heteroatoms. The van der Waals surface area contributed by atoms with Crippen LogP contribution < -0.4 is 0 Å². The molecular weight excluding hydrogens is 461 g/mol. The molecule has 1 aromatic heterocycles. The van der Waals surface area contributed by atoms with E-state index in [2.05, 4.69) is 60.7 Å². The van der Waals surface area contributed by atoms with Crippen LogP contribution in [0.2, 0.25) is 0 Å². The van der Waals surface area contributed by atoms with E-state index < -0.39 is 0 Å². The fraction of sp³-hybridized carbons (Fsp3) is 0. The van der Waals surface area contributed by atoms with Gasteiger partial charge in [0.05, 0.1) is 5.52 Å². The van der Waals surface area contributed by atoms with Crippen molar-refractivity contribution in [2.24, 2.45) is 0 Å². The van der Waals surface area contributed by atoms with Crippen molar-refractivity contribution < 1.29 is 21.1 Å². The normalized spacial score (nSPS) is 11.1. The van der Waals surface area contributed by atoms with Crippen LogP contribution in [0.5, 0.6) is 0 Å². The molecule has 0 atom stereocenters. The summed E-state index contributed by atoms with van der Waals surface area (Å²) < 4.78 is 0. The maximum absolute atomic E-state index is 4.86. The molecule has 0 saturated carbocycles. The van der Waals surface area contributed by atoms with Crippen molar-refractivity contribution in [2.45, 2.75) is 0 Å². The van der Waals surface area contributed by atoms with Crippen LogP contribution in [-0.4, -0.2) is 4.98 Å². The smallest absolute Gasteiger partial charge is 0.0607 e. The summed E-state index contributed by atoms with van der Waals surface area (Å²) in [5.41, 5.74) is 8.25. The first-order valence-electron chi connectivity index (χ1n) is 7.42. The summed E-state index contributed by atoms with van der Waals surface area (Å²) in [5.74, 6) is 0. The summed E-state index contributed by atoms with van der Waals surface area (Å²) in [6.45, 7) is 0. The van der Waals surface area contributed by atoms with Crippen molar-refractivity contribution >= 4 is 10.9 Å². The Labute approximate surface area is 149 Å². The van der Waals surface area contributed by atoms with Gasteiger partial charge in [-0.05, 0) is 34.0 Å². The van der Waals surface area contributed by atoms with E-state index in [0.29, 0.717) is 0 Å². The SMILES string of the molecule is [Pt].[c-]1ccccc1-c1cc2c3c(cccc3n1)-c1ccccc1-2. The van der Waals surface area contributed by atoms with Crippen LogP contribution in [0.15, 0.2) is 72.8 Å². The first-order valence-corrected chi connectivity index (χ1v) is 7.42. The largest absolute Gasteiger partial charge is 0.296 e. The van der Waals surface area contributed by atoms with Crippen molar-refractivity contribution in [2.75, 3.05) is 0 Å². The summed E-state index contributed by atoms with van der Waals surface area (Å²) in [7, 11) is 0. The van der Waals surface area contributed by atoms with Gasteiger partial charge in [0.2, 0.25) is 0 Å². The van der Waals surface area contributed by atoms with Crippen LogP contribution in [-0.2, 0) is 21.1 Å². The number of benzene rings is 3.